The van der Waals surface area contributed by atoms with Crippen LogP contribution >= 0.6 is 0 Å². The van der Waals surface area contributed by atoms with Crippen molar-refractivity contribution in [2.75, 3.05) is 0 Å². The molecule has 6 nitrogen and oxygen atoms in total. The minimum atomic E-state index is 0.719. The van der Waals surface area contributed by atoms with Crippen molar-refractivity contribution in [3.05, 3.63) is 95.7 Å². The minimum Gasteiger partial charge on any atom is -0.465 e. The Morgan fingerprint density at radius 3 is 2.24 bits per heavy atom. The van der Waals surface area contributed by atoms with E-state index in [0.29, 0.717) is 0 Å². The van der Waals surface area contributed by atoms with Crippen LogP contribution < -0.4 is 22.1 Å². The molecule has 0 spiro atoms. The van der Waals surface area contributed by atoms with Crippen molar-refractivity contribution in [3.8, 4) is 0 Å². The van der Waals surface area contributed by atoms with E-state index in [9.17, 15) is 0 Å². The lowest BCUT2D eigenvalue weighted by molar-refractivity contribution is 0.210. The fourth-order valence-electron chi connectivity index (χ4n) is 2.90. The predicted octanol–water partition coefficient (Wildman–Crippen LogP) is 2.40. The molecule has 2 heterocycles. The van der Waals surface area contributed by atoms with Crippen molar-refractivity contribution in [3.63, 3.8) is 0 Å². The molecule has 0 aliphatic carbocycles. The molecule has 0 unspecified atom stereocenters. The van der Waals surface area contributed by atoms with E-state index in [2.05, 4.69) is 28.4 Å². The first-order valence-corrected chi connectivity index (χ1v) is 8.07. The summed E-state index contributed by atoms with van der Waals surface area (Å²) < 4.78 is 5.57. The minimum absolute atomic E-state index is 0.719. The molecule has 0 bridgehead atoms. The highest BCUT2D eigenvalue weighted by atomic mass is 16.5. The average molecular weight is 333 g/mol. The molecule has 2 aliphatic rings. The third-order valence-electron chi connectivity index (χ3n) is 4.06. The van der Waals surface area contributed by atoms with Crippen LogP contribution in [0.15, 0.2) is 84.6 Å². The van der Waals surface area contributed by atoms with E-state index in [1.807, 2.05) is 54.6 Å². The number of ether oxygens (including phenoxy) is 1. The molecule has 0 amide bonds. The number of hydrazine groups is 3. The second-order valence-electron chi connectivity index (χ2n) is 5.65. The number of nitrogens with one attached hydrogen (secondary N) is 3. The number of allylic oxidation sites excluding steroid dienone is 1. The van der Waals surface area contributed by atoms with Gasteiger partial charge in [-0.25, -0.2) is 5.12 Å². The average Bonchev–Trinajstić information content (AvgIpc) is 3.23. The van der Waals surface area contributed by atoms with Crippen LogP contribution in [0.4, 0.5) is 0 Å². The topological polar surface area (TPSA) is 74.6 Å². The SMILES string of the molecule is NNN1NC(=C2CC=CO2)NC(c2ccccc2)=C1c1ccccc1. The lowest BCUT2D eigenvalue weighted by Gasteiger charge is -2.36. The first-order chi connectivity index (χ1) is 12.4. The molecule has 25 heavy (non-hydrogen) atoms. The maximum atomic E-state index is 5.80. The molecule has 2 aromatic rings. The molecular weight excluding hydrogens is 314 g/mol. The molecule has 0 aromatic heterocycles. The summed E-state index contributed by atoms with van der Waals surface area (Å²) in [5, 5.41) is 5.16. The summed E-state index contributed by atoms with van der Waals surface area (Å²) >= 11 is 0. The molecule has 5 N–H and O–H groups in total. The molecule has 2 aliphatic heterocycles. The van der Waals surface area contributed by atoms with Crippen molar-refractivity contribution < 1.29 is 4.74 Å². The van der Waals surface area contributed by atoms with Crippen LogP contribution in [-0.4, -0.2) is 5.12 Å². The number of hydrogen-bond acceptors (Lipinski definition) is 6. The third kappa shape index (κ3) is 2.96. The first kappa shape index (κ1) is 15.3. The van der Waals surface area contributed by atoms with Gasteiger partial charge in [0.05, 0.1) is 12.0 Å². The Bertz CT molecular complexity index is 833. The maximum absolute atomic E-state index is 5.80. The molecule has 2 aromatic carbocycles. The van der Waals surface area contributed by atoms with E-state index in [-0.39, 0.29) is 0 Å². The van der Waals surface area contributed by atoms with Crippen LogP contribution in [0, 0.1) is 0 Å². The van der Waals surface area contributed by atoms with Gasteiger partial charge in [-0.2, -0.15) is 5.53 Å². The Morgan fingerprint density at radius 2 is 1.64 bits per heavy atom. The fourth-order valence-corrected chi connectivity index (χ4v) is 2.90. The molecule has 0 atom stereocenters. The van der Waals surface area contributed by atoms with Crippen molar-refractivity contribution >= 4 is 11.4 Å². The molecule has 0 saturated heterocycles. The zero-order valence-corrected chi connectivity index (χ0v) is 13.6. The van der Waals surface area contributed by atoms with Crippen LogP contribution in [0.1, 0.15) is 17.5 Å². The third-order valence-corrected chi connectivity index (χ3v) is 4.06. The Hall–Kier alpha value is -3.22. The van der Waals surface area contributed by atoms with Crippen molar-refractivity contribution in [1.82, 2.24) is 21.4 Å². The Morgan fingerprint density at radius 1 is 0.960 bits per heavy atom. The lowest BCUT2D eigenvalue weighted by Crippen LogP contribution is -2.55. The highest BCUT2D eigenvalue weighted by molar-refractivity contribution is 5.90. The van der Waals surface area contributed by atoms with Crippen molar-refractivity contribution in [2.24, 2.45) is 5.84 Å². The first-order valence-electron chi connectivity index (χ1n) is 8.07. The summed E-state index contributed by atoms with van der Waals surface area (Å²) in [5.74, 6) is 7.36. The van der Waals surface area contributed by atoms with Gasteiger partial charge in [0, 0.05) is 17.5 Å². The van der Waals surface area contributed by atoms with Gasteiger partial charge in [-0.15, -0.1) is 0 Å². The molecule has 126 valence electrons. The quantitative estimate of drug-likeness (QED) is 0.511. The van der Waals surface area contributed by atoms with Gasteiger partial charge in [0.2, 0.25) is 0 Å². The summed E-state index contributed by atoms with van der Waals surface area (Å²) in [6.07, 6.45) is 4.37. The van der Waals surface area contributed by atoms with Gasteiger partial charge in [0.15, 0.2) is 5.82 Å². The van der Waals surface area contributed by atoms with E-state index in [4.69, 9.17) is 10.6 Å². The molecule has 4 rings (SSSR count). The summed E-state index contributed by atoms with van der Waals surface area (Å²) in [5.41, 5.74) is 9.85. The van der Waals surface area contributed by atoms with Gasteiger partial charge in [0.25, 0.3) is 0 Å². The van der Waals surface area contributed by atoms with E-state index in [1.54, 1.807) is 11.4 Å². The molecule has 0 radical (unpaired) electrons. The zero-order chi connectivity index (χ0) is 17.1. The zero-order valence-electron chi connectivity index (χ0n) is 13.6. The highest BCUT2D eigenvalue weighted by Crippen LogP contribution is 2.31. The van der Waals surface area contributed by atoms with E-state index in [0.717, 1.165) is 40.5 Å². The monoisotopic (exact) mass is 333 g/mol. The van der Waals surface area contributed by atoms with Gasteiger partial charge in [-0.3, -0.25) is 11.3 Å². The highest BCUT2D eigenvalue weighted by Gasteiger charge is 2.27. The Kier molecular flexibility index (Phi) is 4.12. The number of benzene rings is 2. The van der Waals surface area contributed by atoms with Crippen molar-refractivity contribution in [2.45, 2.75) is 6.42 Å². The summed E-state index contributed by atoms with van der Waals surface area (Å²) in [4.78, 5) is 0. The number of hydrogen-bond donors (Lipinski definition) is 4. The van der Waals surface area contributed by atoms with E-state index >= 15 is 0 Å². The summed E-state index contributed by atoms with van der Waals surface area (Å²) in [6.45, 7) is 0. The predicted molar refractivity (Wildman–Crippen MR) is 97.0 cm³/mol. The van der Waals surface area contributed by atoms with Gasteiger partial charge in [-0.1, -0.05) is 60.7 Å². The Balaban J connectivity index is 1.88. The van der Waals surface area contributed by atoms with Gasteiger partial charge in [-0.05, 0) is 6.08 Å². The largest absolute Gasteiger partial charge is 0.465 e. The summed E-state index contributed by atoms with van der Waals surface area (Å²) in [6, 6.07) is 20.2. The fraction of sp³-hybridized carbons (Fsp3) is 0.0526. The van der Waals surface area contributed by atoms with Crippen molar-refractivity contribution in [1.29, 1.82) is 0 Å². The van der Waals surface area contributed by atoms with Crippen LogP contribution in [0.25, 0.3) is 11.4 Å². The standard InChI is InChI=1S/C19H19N5O/c20-23-24-18(15-10-5-2-6-11-15)17(14-8-3-1-4-9-14)21-19(22-24)16-12-7-13-25-16/h1-11,13,21-23H,12,20H2. The molecule has 6 heteroatoms. The second-order valence-corrected chi connectivity index (χ2v) is 5.65. The van der Waals surface area contributed by atoms with E-state index < -0.39 is 0 Å². The van der Waals surface area contributed by atoms with Gasteiger partial charge < -0.3 is 10.1 Å². The van der Waals surface area contributed by atoms with Crippen LogP contribution in [-0.2, 0) is 4.74 Å². The summed E-state index contributed by atoms with van der Waals surface area (Å²) in [7, 11) is 0. The van der Waals surface area contributed by atoms with Crippen LogP contribution in [0.3, 0.4) is 0 Å². The second kappa shape index (κ2) is 6.72. The number of nitrogens with zero attached hydrogens (tertiary/aromatic N) is 1. The number of rotatable bonds is 3. The van der Waals surface area contributed by atoms with Crippen LogP contribution in [0.5, 0.6) is 0 Å². The molecular formula is C19H19N5O. The normalized spacial score (nSPS) is 19.5. The molecule has 0 fully saturated rings. The van der Waals surface area contributed by atoms with Gasteiger partial charge >= 0.3 is 0 Å². The number of nitrogens with two attached hydrogens (primary N) is 1. The van der Waals surface area contributed by atoms with Gasteiger partial charge in [0.1, 0.15) is 11.5 Å². The van der Waals surface area contributed by atoms with Crippen LogP contribution in [0.2, 0.25) is 0 Å². The van der Waals surface area contributed by atoms with E-state index in [1.165, 1.54) is 0 Å². The Labute approximate surface area is 146 Å². The lowest BCUT2D eigenvalue weighted by atomic mass is 10.0. The smallest absolute Gasteiger partial charge is 0.163 e. The maximum Gasteiger partial charge on any atom is 0.163 e. The molecule has 0 saturated carbocycles.